The summed E-state index contributed by atoms with van der Waals surface area (Å²) in [5, 5.41) is 2.56. The molecular formula is C9H14N4O4S. The number of rotatable bonds is 4. The van der Waals surface area contributed by atoms with Crippen molar-refractivity contribution >= 4 is 17.7 Å². The lowest BCUT2D eigenvalue weighted by Crippen LogP contribution is -2.48. The van der Waals surface area contributed by atoms with Gasteiger partial charge in [-0.25, -0.2) is 0 Å². The van der Waals surface area contributed by atoms with E-state index in [1.54, 1.807) is 0 Å². The first-order chi connectivity index (χ1) is 8.27. The third-order valence-corrected chi connectivity index (χ3v) is 3.47. The molecule has 0 saturated carbocycles. The average Bonchev–Trinajstić information content (AvgIpc) is 2.31. The normalized spacial score (nSPS) is 14.0. The minimum absolute atomic E-state index is 0.159. The van der Waals surface area contributed by atoms with Crippen molar-refractivity contribution in [2.45, 2.75) is 17.6 Å². The molecule has 8 nitrogen and oxygen atoms in total. The number of nitrogens with one attached hydrogen (secondary N) is 1. The Labute approximate surface area is 107 Å². The van der Waals surface area contributed by atoms with Crippen LogP contribution in [0.3, 0.4) is 0 Å². The second-order valence-corrected chi connectivity index (χ2v) is 4.84. The Balaban J connectivity index is 2.88. The van der Waals surface area contributed by atoms with Gasteiger partial charge in [0.15, 0.2) is 5.16 Å². The summed E-state index contributed by atoms with van der Waals surface area (Å²) in [6.45, 7) is 1.51. The maximum Gasteiger partial charge on any atom is 0.339 e. The smallest absolute Gasteiger partial charge is 0.339 e. The van der Waals surface area contributed by atoms with Gasteiger partial charge in [0.05, 0.1) is 7.11 Å². The van der Waals surface area contributed by atoms with Crippen LogP contribution < -0.4 is 16.9 Å². The van der Waals surface area contributed by atoms with Gasteiger partial charge in [0.25, 0.3) is 0 Å². The summed E-state index contributed by atoms with van der Waals surface area (Å²) >= 11 is 1.08. The number of hydrogen-bond donors (Lipinski definition) is 2. The summed E-state index contributed by atoms with van der Waals surface area (Å²) in [6.07, 6.45) is 0. The summed E-state index contributed by atoms with van der Waals surface area (Å²) in [7, 11) is 2.77. The Morgan fingerprint density at radius 3 is 2.78 bits per heavy atom. The molecule has 1 aromatic heterocycles. The van der Waals surface area contributed by atoms with Gasteiger partial charge in [-0.2, -0.15) is 4.98 Å². The molecule has 1 aromatic rings. The largest absolute Gasteiger partial charge is 0.468 e. The van der Waals surface area contributed by atoms with Crippen LogP contribution >= 0.6 is 11.8 Å². The molecule has 0 saturated heterocycles. The van der Waals surface area contributed by atoms with Gasteiger partial charge in [-0.15, -0.1) is 0 Å². The number of methoxy groups -OCH3 is 1. The lowest BCUT2D eigenvalue weighted by molar-refractivity contribution is -0.145. The van der Waals surface area contributed by atoms with Gasteiger partial charge >= 0.3 is 17.1 Å². The molecule has 100 valence electrons. The molecule has 0 aliphatic heterocycles. The molecule has 18 heavy (non-hydrogen) atoms. The lowest BCUT2D eigenvalue weighted by atomic mass is 10.1. The summed E-state index contributed by atoms with van der Waals surface area (Å²) in [5.74, 6) is -0.407. The van der Waals surface area contributed by atoms with Gasteiger partial charge in [-0.1, -0.05) is 11.8 Å². The fourth-order valence-electron chi connectivity index (χ4n) is 1.10. The standard InChI is InChI=1S/C9H14N4O4S/c1-9(10,7(16)17-3)4-18-8-11-5(14)6(15)12-13(8)2/h4,10H2,1-3H3,(H,12,15). The molecule has 1 heterocycles. The Morgan fingerprint density at radius 1 is 1.61 bits per heavy atom. The molecular weight excluding hydrogens is 260 g/mol. The van der Waals surface area contributed by atoms with E-state index in [9.17, 15) is 14.4 Å². The van der Waals surface area contributed by atoms with Gasteiger partial charge in [0.2, 0.25) is 0 Å². The van der Waals surface area contributed by atoms with Crippen molar-refractivity contribution < 1.29 is 9.53 Å². The molecule has 9 heteroatoms. The molecule has 0 spiro atoms. The van der Waals surface area contributed by atoms with Crippen molar-refractivity contribution in [2.75, 3.05) is 12.9 Å². The molecule has 0 aliphatic rings. The molecule has 0 bridgehead atoms. The Morgan fingerprint density at radius 2 is 2.22 bits per heavy atom. The van der Waals surface area contributed by atoms with E-state index in [0.29, 0.717) is 0 Å². The summed E-state index contributed by atoms with van der Waals surface area (Å²) in [5.41, 5.74) is 2.87. The third-order valence-electron chi connectivity index (χ3n) is 2.10. The maximum absolute atomic E-state index is 11.4. The second-order valence-electron chi connectivity index (χ2n) is 3.90. The van der Waals surface area contributed by atoms with Crippen LogP contribution in [0.15, 0.2) is 14.7 Å². The Hall–Kier alpha value is -1.61. The fourth-order valence-corrected chi connectivity index (χ4v) is 2.03. The molecule has 1 rings (SSSR count). The number of aromatic nitrogens is 3. The van der Waals surface area contributed by atoms with Crippen LogP contribution in [0.1, 0.15) is 6.92 Å². The zero-order valence-corrected chi connectivity index (χ0v) is 11.0. The topological polar surface area (TPSA) is 120 Å². The van der Waals surface area contributed by atoms with E-state index in [2.05, 4.69) is 14.8 Å². The van der Waals surface area contributed by atoms with Gasteiger partial charge in [-0.05, 0) is 6.92 Å². The number of hydrogen-bond acceptors (Lipinski definition) is 7. The fraction of sp³-hybridized carbons (Fsp3) is 0.556. The molecule has 0 fully saturated rings. The molecule has 0 aliphatic carbocycles. The third kappa shape index (κ3) is 3.20. The Kier molecular flexibility index (Phi) is 4.30. The van der Waals surface area contributed by atoms with Gasteiger partial charge in [-0.3, -0.25) is 24.2 Å². The van der Waals surface area contributed by atoms with Gasteiger partial charge in [0.1, 0.15) is 5.54 Å². The van der Waals surface area contributed by atoms with Crippen LogP contribution in [0.4, 0.5) is 0 Å². The summed E-state index contributed by atoms with van der Waals surface area (Å²) in [4.78, 5) is 37.0. The van der Waals surface area contributed by atoms with E-state index in [4.69, 9.17) is 5.73 Å². The highest BCUT2D eigenvalue weighted by Crippen LogP contribution is 2.18. The molecule has 1 atom stereocenters. The van der Waals surface area contributed by atoms with Gasteiger partial charge in [0, 0.05) is 12.8 Å². The van der Waals surface area contributed by atoms with Crippen LogP contribution in [0, 0.1) is 0 Å². The highest BCUT2D eigenvalue weighted by molar-refractivity contribution is 7.99. The first kappa shape index (κ1) is 14.5. The minimum Gasteiger partial charge on any atom is -0.468 e. The first-order valence-corrected chi connectivity index (χ1v) is 5.94. The molecule has 3 N–H and O–H groups in total. The summed E-state index contributed by atoms with van der Waals surface area (Å²) in [6, 6.07) is 0. The number of aromatic amines is 1. The quantitative estimate of drug-likeness (QED) is 0.387. The lowest BCUT2D eigenvalue weighted by Gasteiger charge is -2.20. The number of carbonyl (C=O) groups is 1. The zero-order valence-electron chi connectivity index (χ0n) is 10.2. The van der Waals surface area contributed by atoms with E-state index in [-0.39, 0.29) is 10.9 Å². The van der Waals surface area contributed by atoms with Crippen molar-refractivity contribution in [1.29, 1.82) is 0 Å². The van der Waals surface area contributed by atoms with E-state index in [1.165, 1.54) is 25.8 Å². The Bertz CT molecular complexity index is 562. The van der Waals surface area contributed by atoms with Crippen molar-refractivity contribution in [2.24, 2.45) is 12.8 Å². The maximum atomic E-state index is 11.4. The van der Waals surface area contributed by atoms with E-state index >= 15 is 0 Å². The number of aryl methyl sites for hydroxylation is 1. The second kappa shape index (κ2) is 5.36. The van der Waals surface area contributed by atoms with Crippen molar-refractivity contribution in [3.05, 3.63) is 20.7 Å². The first-order valence-electron chi connectivity index (χ1n) is 4.95. The number of thioether (sulfide) groups is 1. The molecule has 0 aromatic carbocycles. The van der Waals surface area contributed by atoms with Crippen molar-refractivity contribution in [3.63, 3.8) is 0 Å². The molecule has 0 radical (unpaired) electrons. The monoisotopic (exact) mass is 274 g/mol. The van der Waals surface area contributed by atoms with E-state index in [1.807, 2.05) is 0 Å². The van der Waals surface area contributed by atoms with Crippen molar-refractivity contribution in [1.82, 2.24) is 14.8 Å². The van der Waals surface area contributed by atoms with Crippen LogP contribution in [-0.4, -0.2) is 39.1 Å². The predicted molar refractivity (Wildman–Crippen MR) is 65.4 cm³/mol. The SMILES string of the molecule is COC(=O)C(C)(N)CSc1nc(=O)c(=O)[nH]n1C. The zero-order chi connectivity index (χ0) is 13.9. The average molecular weight is 274 g/mol. The van der Waals surface area contributed by atoms with Crippen LogP contribution in [0.25, 0.3) is 0 Å². The van der Waals surface area contributed by atoms with Gasteiger partial charge < -0.3 is 10.5 Å². The number of nitrogens with zero attached hydrogens (tertiary/aromatic N) is 2. The number of nitrogens with two attached hydrogens (primary N) is 1. The summed E-state index contributed by atoms with van der Waals surface area (Å²) < 4.78 is 5.85. The van der Waals surface area contributed by atoms with Crippen LogP contribution in [-0.2, 0) is 16.6 Å². The number of carbonyl (C=O) groups excluding carboxylic acids is 1. The van der Waals surface area contributed by atoms with Crippen LogP contribution in [0.5, 0.6) is 0 Å². The van der Waals surface area contributed by atoms with Crippen molar-refractivity contribution in [3.8, 4) is 0 Å². The number of esters is 1. The number of ether oxygens (including phenoxy) is 1. The highest BCUT2D eigenvalue weighted by atomic mass is 32.2. The minimum atomic E-state index is -1.20. The molecule has 1 unspecified atom stereocenters. The molecule has 0 amide bonds. The number of H-pyrrole nitrogens is 1. The van der Waals surface area contributed by atoms with E-state index in [0.717, 1.165) is 11.8 Å². The van der Waals surface area contributed by atoms with Crippen LogP contribution in [0.2, 0.25) is 0 Å². The highest BCUT2D eigenvalue weighted by Gasteiger charge is 2.30. The predicted octanol–water partition coefficient (Wildman–Crippen LogP) is -1.55. The van der Waals surface area contributed by atoms with E-state index < -0.39 is 22.6 Å².